The van der Waals surface area contributed by atoms with Crippen LogP contribution in [0.15, 0.2) is 83.3 Å². The lowest BCUT2D eigenvalue weighted by Gasteiger charge is -2.05. The predicted molar refractivity (Wildman–Crippen MR) is 114 cm³/mol. The molecule has 138 valence electrons. The molecular formula is C21H14BrClN4O. The fourth-order valence-electron chi connectivity index (χ4n) is 2.70. The van der Waals surface area contributed by atoms with Gasteiger partial charge in [-0.05, 0) is 42.5 Å². The monoisotopic (exact) mass is 452 g/mol. The molecule has 0 aliphatic carbocycles. The van der Waals surface area contributed by atoms with Crippen molar-refractivity contribution >= 4 is 39.1 Å². The van der Waals surface area contributed by atoms with Crippen molar-refractivity contribution in [3.8, 4) is 17.1 Å². The van der Waals surface area contributed by atoms with Gasteiger partial charge in [0.2, 0.25) is 5.82 Å². The SMILES string of the molecule is O=C(Nc1cccc(Cl)c1)c1nc(-c2ccc(Br)cc2)n(-c2ccccc2)n1. The maximum absolute atomic E-state index is 12.7. The number of hydrogen-bond acceptors (Lipinski definition) is 3. The van der Waals surface area contributed by atoms with E-state index in [2.05, 4.69) is 31.3 Å². The molecule has 0 saturated carbocycles. The molecule has 1 heterocycles. The summed E-state index contributed by atoms with van der Waals surface area (Å²) in [7, 11) is 0. The van der Waals surface area contributed by atoms with Gasteiger partial charge in [0.1, 0.15) is 0 Å². The number of amides is 1. The lowest BCUT2D eigenvalue weighted by molar-refractivity contribution is 0.101. The Hall–Kier alpha value is -2.96. The Labute approximate surface area is 175 Å². The lowest BCUT2D eigenvalue weighted by atomic mass is 10.2. The highest BCUT2D eigenvalue weighted by Crippen LogP contribution is 2.24. The van der Waals surface area contributed by atoms with Gasteiger partial charge in [-0.2, -0.15) is 0 Å². The zero-order valence-corrected chi connectivity index (χ0v) is 16.9. The zero-order valence-electron chi connectivity index (χ0n) is 14.5. The first-order valence-electron chi connectivity index (χ1n) is 8.45. The number of hydrogen-bond donors (Lipinski definition) is 1. The standard InChI is InChI=1S/C21H14BrClN4O/c22-15-11-9-14(10-12-15)20-25-19(26-27(20)18-7-2-1-3-8-18)21(28)24-17-6-4-5-16(23)13-17/h1-13H,(H,24,28). The van der Waals surface area contributed by atoms with E-state index in [1.165, 1.54) is 0 Å². The lowest BCUT2D eigenvalue weighted by Crippen LogP contribution is -2.14. The van der Waals surface area contributed by atoms with Crippen molar-refractivity contribution in [2.24, 2.45) is 0 Å². The number of rotatable bonds is 4. The van der Waals surface area contributed by atoms with Crippen molar-refractivity contribution in [3.05, 3.63) is 94.2 Å². The normalized spacial score (nSPS) is 10.6. The summed E-state index contributed by atoms with van der Waals surface area (Å²) >= 11 is 9.42. The fraction of sp³-hybridized carbons (Fsp3) is 0. The van der Waals surface area contributed by atoms with Crippen LogP contribution in [-0.4, -0.2) is 20.7 Å². The Balaban J connectivity index is 1.74. The maximum atomic E-state index is 12.7. The highest BCUT2D eigenvalue weighted by atomic mass is 79.9. The molecule has 0 atom stereocenters. The van der Waals surface area contributed by atoms with Crippen LogP contribution in [0.1, 0.15) is 10.6 Å². The Morgan fingerprint density at radius 1 is 0.964 bits per heavy atom. The first-order chi connectivity index (χ1) is 13.6. The molecule has 1 amide bonds. The molecule has 3 aromatic carbocycles. The van der Waals surface area contributed by atoms with Crippen LogP contribution in [0.25, 0.3) is 17.1 Å². The Morgan fingerprint density at radius 3 is 2.43 bits per heavy atom. The molecule has 28 heavy (non-hydrogen) atoms. The first-order valence-corrected chi connectivity index (χ1v) is 9.62. The van der Waals surface area contributed by atoms with Crippen molar-refractivity contribution in [1.82, 2.24) is 14.8 Å². The smallest absolute Gasteiger partial charge is 0.295 e. The van der Waals surface area contributed by atoms with Crippen LogP contribution in [0.5, 0.6) is 0 Å². The summed E-state index contributed by atoms with van der Waals surface area (Å²) in [5, 5.41) is 7.77. The van der Waals surface area contributed by atoms with Gasteiger partial charge >= 0.3 is 0 Å². The van der Waals surface area contributed by atoms with Crippen LogP contribution in [-0.2, 0) is 0 Å². The molecule has 0 spiro atoms. The number of carbonyl (C=O) groups excluding carboxylic acids is 1. The van der Waals surface area contributed by atoms with Crippen LogP contribution in [0, 0.1) is 0 Å². The second kappa shape index (κ2) is 7.96. The molecule has 0 unspecified atom stereocenters. The van der Waals surface area contributed by atoms with E-state index in [0.29, 0.717) is 16.5 Å². The van der Waals surface area contributed by atoms with E-state index in [0.717, 1.165) is 15.7 Å². The minimum absolute atomic E-state index is 0.0711. The average molecular weight is 454 g/mol. The number of aromatic nitrogens is 3. The number of para-hydroxylation sites is 1. The minimum atomic E-state index is -0.407. The largest absolute Gasteiger partial charge is 0.319 e. The summed E-state index contributed by atoms with van der Waals surface area (Å²) < 4.78 is 2.62. The number of nitrogens with one attached hydrogen (secondary N) is 1. The molecule has 1 N–H and O–H groups in total. The highest BCUT2D eigenvalue weighted by Gasteiger charge is 2.19. The zero-order chi connectivity index (χ0) is 19.5. The molecule has 0 saturated heterocycles. The van der Waals surface area contributed by atoms with Crippen molar-refractivity contribution < 1.29 is 4.79 Å². The molecule has 5 nitrogen and oxygen atoms in total. The number of nitrogens with zero attached hydrogens (tertiary/aromatic N) is 3. The Kier molecular flexibility index (Phi) is 5.23. The second-order valence-corrected chi connectivity index (χ2v) is 7.33. The van der Waals surface area contributed by atoms with Crippen molar-refractivity contribution in [2.45, 2.75) is 0 Å². The quantitative estimate of drug-likeness (QED) is 0.437. The van der Waals surface area contributed by atoms with Gasteiger partial charge in [-0.25, -0.2) is 9.67 Å². The molecule has 0 aliphatic rings. The summed E-state index contributed by atoms with van der Waals surface area (Å²) in [5.74, 6) is 0.243. The van der Waals surface area contributed by atoms with E-state index in [9.17, 15) is 4.79 Å². The molecule has 0 aliphatic heterocycles. The van der Waals surface area contributed by atoms with Gasteiger partial charge in [0.15, 0.2) is 5.82 Å². The third kappa shape index (κ3) is 3.98. The highest BCUT2D eigenvalue weighted by molar-refractivity contribution is 9.10. The van der Waals surface area contributed by atoms with Gasteiger partial charge in [0.25, 0.3) is 5.91 Å². The van der Waals surface area contributed by atoms with Gasteiger partial charge in [-0.1, -0.05) is 63.9 Å². The molecule has 4 rings (SSSR count). The number of benzene rings is 3. The summed E-state index contributed by atoms with van der Waals surface area (Å²) in [4.78, 5) is 17.2. The molecule has 0 bridgehead atoms. The number of halogens is 2. The Morgan fingerprint density at radius 2 is 1.71 bits per heavy atom. The third-order valence-corrected chi connectivity index (χ3v) is 4.76. The summed E-state index contributed by atoms with van der Waals surface area (Å²) in [6.07, 6.45) is 0. The first kappa shape index (κ1) is 18.4. The maximum Gasteiger partial charge on any atom is 0.295 e. The average Bonchev–Trinajstić information content (AvgIpc) is 3.15. The molecule has 4 aromatic rings. The molecule has 1 aromatic heterocycles. The molecule has 0 fully saturated rings. The van der Waals surface area contributed by atoms with Crippen LogP contribution in [0.4, 0.5) is 5.69 Å². The molecule has 0 radical (unpaired) electrons. The number of anilines is 1. The van der Waals surface area contributed by atoms with Crippen molar-refractivity contribution in [3.63, 3.8) is 0 Å². The van der Waals surface area contributed by atoms with E-state index in [4.69, 9.17) is 11.6 Å². The van der Waals surface area contributed by atoms with Crippen LogP contribution >= 0.6 is 27.5 Å². The Bertz CT molecular complexity index is 1130. The molecular weight excluding hydrogens is 440 g/mol. The topological polar surface area (TPSA) is 59.8 Å². The summed E-state index contributed by atoms with van der Waals surface area (Å²) in [6, 6.07) is 24.2. The van der Waals surface area contributed by atoms with Gasteiger partial charge in [0.05, 0.1) is 5.69 Å². The summed E-state index contributed by atoms with van der Waals surface area (Å²) in [5.41, 5.74) is 2.25. The van der Waals surface area contributed by atoms with Crippen LogP contribution in [0.3, 0.4) is 0 Å². The minimum Gasteiger partial charge on any atom is -0.319 e. The fourth-order valence-corrected chi connectivity index (χ4v) is 3.15. The second-order valence-electron chi connectivity index (χ2n) is 5.98. The third-order valence-electron chi connectivity index (χ3n) is 4.00. The van der Waals surface area contributed by atoms with Gasteiger partial charge in [0, 0.05) is 20.7 Å². The van der Waals surface area contributed by atoms with E-state index >= 15 is 0 Å². The van der Waals surface area contributed by atoms with E-state index in [1.807, 2.05) is 54.6 Å². The molecule has 7 heteroatoms. The van der Waals surface area contributed by atoms with Crippen LogP contribution in [0.2, 0.25) is 5.02 Å². The van der Waals surface area contributed by atoms with Crippen LogP contribution < -0.4 is 5.32 Å². The van der Waals surface area contributed by atoms with E-state index in [1.54, 1.807) is 28.9 Å². The van der Waals surface area contributed by atoms with Gasteiger partial charge < -0.3 is 5.32 Å². The predicted octanol–water partition coefficient (Wildman–Crippen LogP) is 5.60. The van der Waals surface area contributed by atoms with E-state index < -0.39 is 5.91 Å². The van der Waals surface area contributed by atoms with E-state index in [-0.39, 0.29) is 5.82 Å². The summed E-state index contributed by atoms with van der Waals surface area (Å²) in [6.45, 7) is 0. The van der Waals surface area contributed by atoms with Crippen molar-refractivity contribution in [1.29, 1.82) is 0 Å². The van der Waals surface area contributed by atoms with Gasteiger partial charge in [-0.15, -0.1) is 5.10 Å². The van der Waals surface area contributed by atoms with Gasteiger partial charge in [-0.3, -0.25) is 4.79 Å². The number of carbonyl (C=O) groups is 1. The van der Waals surface area contributed by atoms with Crippen molar-refractivity contribution in [2.75, 3.05) is 5.32 Å².